The summed E-state index contributed by atoms with van der Waals surface area (Å²) < 4.78 is 4.56. The minimum absolute atomic E-state index is 0.848. The van der Waals surface area contributed by atoms with Crippen molar-refractivity contribution >= 4 is 54.6 Å². The molecule has 3 aromatic carbocycles. The first-order valence-corrected chi connectivity index (χ1v) is 12.0. The van der Waals surface area contributed by atoms with Crippen LogP contribution in [-0.2, 0) is 0 Å². The Bertz CT molecular complexity index is 2100. The average molecular weight is 462 g/mol. The van der Waals surface area contributed by atoms with Crippen LogP contribution in [0.3, 0.4) is 0 Å². The van der Waals surface area contributed by atoms with Crippen LogP contribution in [-0.4, -0.2) is 24.1 Å². The highest BCUT2D eigenvalue weighted by molar-refractivity contribution is 6.21. The van der Waals surface area contributed by atoms with Gasteiger partial charge in [-0.25, -0.2) is 4.98 Å². The number of benzene rings is 3. The molecule has 36 heavy (non-hydrogen) atoms. The second-order valence-corrected chi connectivity index (χ2v) is 9.00. The molecule has 0 saturated carbocycles. The van der Waals surface area contributed by atoms with Crippen LogP contribution < -0.4 is 0 Å². The fourth-order valence-electron chi connectivity index (χ4n) is 5.47. The number of rotatable bonds is 2. The van der Waals surface area contributed by atoms with E-state index in [4.69, 9.17) is 15.0 Å². The second-order valence-electron chi connectivity index (χ2n) is 9.00. The first-order chi connectivity index (χ1) is 17.9. The molecule has 0 fully saturated rings. The number of aromatic nitrogens is 5. The van der Waals surface area contributed by atoms with Crippen LogP contribution in [0.15, 0.2) is 116 Å². The van der Waals surface area contributed by atoms with Crippen LogP contribution in [0.1, 0.15) is 0 Å². The summed E-state index contributed by atoms with van der Waals surface area (Å²) in [5.41, 5.74) is 7.07. The molecular formula is C31H19N5. The molecule has 168 valence electrons. The molecule has 5 aromatic heterocycles. The highest BCUT2D eigenvalue weighted by Crippen LogP contribution is 2.39. The summed E-state index contributed by atoms with van der Waals surface area (Å²) in [6.07, 6.45) is 5.77. The molecule has 0 radical (unpaired) electrons. The standard InChI is InChI=1S/C31H19N5/c1-2-11-22(12-3-1)35-25-14-7-6-13-23(25)24-19-34-29-28-26(15-8-16-32-28)36(31(29)30(24)35)27-17-20-9-4-5-10-21(20)18-33-27/h1-19H. The summed E-state index contributed by atoms with van der Waals surface area (Å²) in [5.74, 6) is 0.848. The van der Waals surface area contributed by atoms with Crippen LogP contribution in [0.2, 0.25) is 0 Å². The van der Waals surface area contributed by atoms with Gasteiger partial charge in [0.25, 0.3) is 0 Å². The van der Waals surface area contributed by atoms with Gasteiger partial charge in [0.15, 0.2) is 0 Å². The lowest BCUT2D eigenvalue weighted by Crippen LogP contribution is -2.00. The maximum Gasteiger partial charge on any atom is 0.138 e. The number of nitrogens with zero attached hydrogens (tertiary/aromatic N) is 5. The number of fused-ring (bicyclic) bond motifs is 8. The predicted octanol–water partition coefficient (Wildman–Crippen LogP) is 7.22. The molecule has 0 bridgehead atoms. The number of pyridine rings is 3. The normalized spacial score (nSPS) is 11.9. The third kappa shape index (κ3) is 2.57. The van der Waals surface area contributed by atoms with E-state index in [0.717, 1.165) is 60.8 Å². The molecule has 0 amide bonds. The van der Waals surface area contributed by atoms with Gasteiger partial charge in [0.2, 0.25) is 0 Å². The van der Waals surface area contributed by atoms with E-state index in [1.165, 1.54) is 5.39 Å². The van der Waals surface area contributed by atoms with Gasteiger partial charge in [-0.3, -0.25) is 14.5 Å². The maximum atomic E-state index is 4.98. The zero-order valence-corrected chi connectivity index (χ0v) is 19.2. The largest absolute Gasteiger partial charge is 0.307 e. The van der Waals surface area contributed by atoms with Gasteiger partial charge in [-0.15, -0.1) is 0 Å². The molecule has 5 heterocycles. The molecule has 8 aromatic rings. The van der Waals surface area contributed by atoms with Crippen molar-refractivity contribution in [3.8, 4) is 11.5 Å². The molecule has 5 nitrogen and oxygen atoms in total. The fraction of sp³-hybridized carbons (Fsp3) is 0. The van der Waals surface area contributed by atoms with Crippen LogP contribution in [0.25, 0.3) is 66.2 Å². The Balaban J connectivity index is 1.64. The first-order valence-electron chi connectivity index (χ1n) is 12.0. The van der Waals surface area contributed by atoms with Crippen molar-refractivity contribution in [2.24, 2.45) is 0 Å². The van der Waals surface area contributed by atoms with Crippen molar-refractivity contribution in [3.63, 3.8) is 0 Å². The summed E-state index contributed by atoms with van der Waals surface area (Å²) in [4.78, 5) is 14.7. The van der Waals surface area contributed by atoms with E-state index in [2.05, 4.69) is 94.1 Å². The number of hydrogen-bond acceptors (Lipinski definition) is 3. The van der Waals surface area contributed by atoms with E-state index < -0.39 is 0 Å². The lowest BCUT2D eigenvalue weighted by atomic mass is 10.2. The molecule has 0 unspecified atom stereocenters. The van der Waals surface area contributed by atoms with E-state index in [-0.39, 0.29) is 0 Å². The molecule has 0 spiro atoms. The van der Waals surface area contributed by atoms with Crippen LogP contribution in [0.5, 0.6) is 0 Å². The van der Waals surface area contributed by atoms with Gasteiger partial charge in [0.1, 0.15) is 22.4 Å². The summed E-state index contributed by atoms with van der Waals surface area (Å²) in [6.45, 7) is 0. The molecular weight excluding hydrogens is 442 g/mol. The summed E-state index contributed by atoms with van der Waals surface area (Å²) in [7, 11) is 0. The highest BCUT2D eigenvalue weighted by atomic mass is 15.1. The van der Waals surface area contributed by atoms with Gasteiger partial charge < -0.3 is 4.57 Å². The topological polar surface area (TPSA) is 48.5 Å². The first kappa shape index (κ1) is 19.3. The average Bonchev–Trinajstić information content (AvgIpc) is 3.46. The maximum absolute atomic E-state index is 4.98. The van der Waals surface area contributed by atoms with Crippen molar-refractivity contribution < 1.29 is 0 Å². The molecule has 0 aliphatic heterocycles. The van der Waals surface area contributed by atoms with Gasteiger partial charge in [-0.1, -0.05) is 60.7 Å². The van der Waals surface area contributed by atoms with Gasteiger partial charge >= 0.3 is 0 Å². The summed E-state index contributed by atoms with van der Waals surface area (Å²) in [6, 6.07) is 33.6. The molecule has 8 rings (SSSR count). The Morgan fingerprint density at radius 3 is 2.19 bits per heavy atom. The minimum atomic E-state index is 0.848. The van der Waals surface area contributed by atoms with Crippen LogP contribution >= 0.6 is 0 Å². The third-order valence-electron chi connectivity index (χ3n) is 7.02. The third-order valence-corrected chi connectivity index (χ3v) is 7.02. The molecule has 0 saturated heterocycles. The van der Waals surface area contributed by atoms with Crippen LogP contribution in [0.4, 0.5) is 0 Å². The van der Waals surface area contributed by atoms with Gasteiger partial charge in [-0.05, 0) is 41.8 Å². The lowest BCUT2D eigenvalue weighted by Gasteiger charge is -2.12. The van der Waals surface area contributed by atoms with Gasteiger partial charge in [-0.2, -0.15) is 0 Å². The monoisotopic (exact) mass is 461 g/mol. The second kappa shape index (κ2) is 7.23. The zero-order chi connectivity index (χ0) is 23.6. The predicted molar refractivity (Wildman–Crippen MR) is 146 cm³/mol. The van der Waals surface area contributed by atoms with Crippen LogP contribution in [0, 0.1) is 0 Å². The summed E-state index contributed by atoms with van der Waals surface area (Å²) in [5, 5.41) is 4.53. The smallest absolute Gasteiger partial charge is 0.138 e. The van der Waals surface area contributed by atoms with E-state index >= 15 is 0 Å². The highest BCUT2D eigenvalue weighted by Gasteiger charge is 2.22. The molecule has 0 aliphatic rings. The Morgan fingerprint density at radius 1 is 0.500 bits per heavy atom. The van der Waals surface area contributed by atoms with E-state index in [9.17, 15) is 0 Å². The van der Waals surface area contributed by atoms with E-state index in [0.29, 0.717) is 0 Å². The Kier molecular flexibility index (Phi) is 3.88. The Morgan fingerprint density at radius 2 is 1.28 bits per heavy atom. The van der Waals surface area contributed by atoms with E-state index in [1.807, 2.05) is 30.7 Å². The van der Waals surface area contributed by atoms with Crippen molar-refractivity contribution in [1.29, 1.82) is 0 Å². The minimum Gasteiger partial charge on any atom is -0.307 e. The molecule has 0 aliphatic carbocycles. The van der Waals surface area contributed by atoms with Crippen molar-refractivity contribution in [2.75, 3.05) is 0 Å². The Hall–Kier alpha value is -5.03. The van der Waals surface area contributed by atoms with Gasteiger partial charge in [0.05, 0.1) is 16.6 Å². The van der Waals surface area contributed by atoms with Crippen molar-refractivity contribution in [1.82, 2.24) is 24.1 Å². The summed E-state index contributed by atoms with van der Waals surface area (Å²) >= 11 is 0. The van der Waals surface area contributed by atoms with E-state index in [1.54, 1.807) is 0 Å². The zero-order valence-electron chi connectivity index (χ0n) is 19.2. The molecule has 0 N–H and O–H groups in total. The molecule has 5 heteroatoms. The van der Waals surface area contributed by atoms with Crippen molar-refractivity contribution in [3.05, 3.63) is 116 Å². The number of para-hydroxylation sites is 2. The lowest BCUT2D eigenvalue weighted by molar-refractivity contribution is 1.08. The number of hydrogen-bond donors (Lipinski definition) is 0. The molecule has 0 atom stereocenters. The Labute approximate surface area is 205 Å². The quantitative estimate of drug-likeness (QED) is 0.273. The van der Waals surface area contributed by atoms with Crippen molar-refractivity contribution in [2.45, 2.75) is 0 Å². The van der Waals surface area contributed by atoms with Gasteiger partial charge in [0, 0.05) is 40.4 Å². The fourth-order valence-corrected chi connectivity index (χ4v) is 5.47. The SMILES string of the molecule is c1ccc(-n2c3ccccc3c3cnc4c5ncccc5n(-c5cc6ccccc6cn5)c4c32)cc1.